The summed E-state index contributed by atoms with van der Waals surface area (Å²) in [5.74, 6) is 0.921. The molecule has 4 heteroatoms. The molecule has 1 heterocycles. The molecular weight excluding hydrogens is 208 g/mol. The first-order chi connectivity index (χ1) is 7.33. The number of hydrogen-bond acceptors (Lipinski definition) is 4. The van der Waals surface area contributed by atoms with Crippen LogP contribution >= 0.6 is 11.3 Å². The highest BCUT2D eigenvalue weighted by molar-refractivity contribution is 7.18. The lowest BCUT2D eigenvalue weighted by atomic mass is 10.3. The van der Waals surface area contributed by atoms with Crippen molar-refractivity contribution in [3.8, 4) is 5.75 Å². The summed E-state index contributed by atoms with van der Waals surface area (Å²) in [6, 6.07) is 6.03. The van der Waals surface area contributed by atoms with Gasteiger partial charge in [0.05, 0.1) is 16.8 Å². The topological polar surface area (TPSA) is 34.1 Å². The average Bonchev–Trinajstić information content (AvgIpc) is 2.60. The van der Waals surface area contributed by atoms with Gasteiger partial charge in [0.2, 0.25) is 0 Å². The number of benzene rings is 1. The molecule has 0 amide bonds. The summed E-state index contributed by atoms with van der Waals surface area (Å²) in [4.78, 5) is 4.50. The minimum Gasteiger partial charge on any atom is -0.494 e. The largest absolute Gasteiger partial charge is 0.494 e. The van der Waals surface area contributed by atoms with Crippen LogP contribution in [0.1, 0.15) is 11.9 Å². The summed E-state index contributed by atoms with van der Waals surface area (Å²) in [5, 5.41) is 4.21. The monoisotopic (exact) mass is 222 g/mol. The highest BCUT2D eigenvalue weighted by Gasteiger charge is 2.03. The molecule has 2 aromatic rings. The lowest BCUT2D eigenvalue weighted by Gasteiger charge is -2.00. The van der Waals surface area contributed by atoms with E-state index in [0.29, 0.717) is 6.61 Å². The quantitative estimate of drug-likeness (QED) is 0.862. The Hall–Kier alpha value is -1.13. The molecule has 0 atom stereocenters. The van der Waals surface area contributed by atoms with Crippen LogP contribution in [0.25, 0.3) is 10.2 Å². The fourth-order valence-electron chi connectivity index (χ4n) is 1.44. The third-order valence-electron chi connectivity index (χ3n) is 2.04. The minimum atomic E-state index is 0.702. The number of aromatic nitrogens is 1. The van der Waals surface area contributed by atoms with Crippen LogP contribution in [0.15, 0.2) is 18.2 Å². The zero-order chi connectivity index (χ0) is 10.7. The Kier molecular flexibility index (Phi) is 3.18. The summed E-state index contributed by atoms with van der Waals surface area (Å²) >= 11 is 1.71. The standard InChI is InChI=1S/C11H14N2OS/c1-3-14-8-4-5-9-10(6-8)15-11(13-9)7-12-2/h4-6,12H,3,7H2,1-2H3. The lowest BCUT2D eigenvalue weighted by Crippen LogP contribution is -2.03. The number of hydrogen-bond donors (Lipinski definition) is 1. The third kappa shape index (κ3) is 2.27. The van der Waals surface area contributed by atoms with E-state index in [4.69, 9.17) is 4.74 Å². The predicted molar refractivity (Wildman–Crippen MR) is 63.6 cm³/mol. The van der Waals surface area contributed by atoms with E-state index in [1.54, 1.807) is 11.3 Å². The second kappa shape index (κ2) is 4.59. The number of ether oxygens (including phenoxy) is 1. The number of nitrogens with one attached hydrogen (secondary N) is 1. The van der Waals surface area contributed by atoms with Crippen LogP contribution < -0.4 is 10.1 Å². The van der Waals surface area contributed by atoms with Crippen LogP contribution in [0.4, 0.5) is 0 Å². The first-order valence-electron chi connectivity index (χ1n) is 5.00. The molecule has 3 nitrogen and oxygen atoms in total. The van der Waals surface area contributed by atoms with Crippen LogP contribution in [0, 0.1) is 0 Å². The molecule has 1 aromatic heterocycles. The van der Waals surface area contributed by atoms with Crippen molar-refractivity contribution in [2.24, 2.45) is 0 Å². The zero-order valence-corrected chi connectivity index (χ0v) is 9.73. The number of rotatable bonds is 4. The Labute approximate surface area is 93.1 Å². The molecule has 0 spiro atoms. The van der Waals surface area contributed by atoms with Crippen LogP contribution in [0.3, 0.4) is 0 Å². The zero-order valence-electron chi connectivity index (χ0n) is 8.91. The van der Waals surface area contributed by atoms with Crippen molar-refractivity contribution in [2.75, 3.05) is 13.7 Å². The van der Waals surface area contributed by atoms with Crippen LogP contribution in [-0.4, -0.2) is 18.6 Å². The molecule has 0 aliphatic heterocycles. The molecule has 1 aromatic carbocycles. The van der Waals surface area contributed by atoms with Crippen molar-refractivity contribution in [2.45, 2.75) is 13.5 Å². The third-order valence-corrected chi connectivity index (χ3v) is 3.06. The van der Waals surface area contributed by atoms with Gasteiger partial charge < -0.3 is 10.1 Å². The molecule has 0 fully saturated rings. The summed E-state index contributed by atoms with van der Waals surface area (Å²) in [5.41, 5.74) is 1.05. The Morgan fingerprint density at radius 2 is 2.33 bits per heavy atom. The fraction of sp³-hybridized carbons (Fsp3) is 0.364. The Balaban J connectivity index is 2.34. The van der Waals surface area contributed by atoms with E-state index in [9.17, 15) is 0 Å². The van der Waals surface area contributed by atoms with Crippen molar-refractivity contribution in [1.29, 1.82) is 0 Å². The van der Waals surface area contributed by atoms with Gasteiger partial charge in [-0.1, -0.05) is 0 Å². The molecular formula is C11H14N2OS. The lowest BCUT2D eigenvalue weighted by molar-refractivity contribution is 0.341. The maximum absolute atomic E-state index is 5.45. The second-order valence-electron chi connectivity index (χ2n) is 3.20. The Morgan fingerprint density at radius 1 is 1.47 bits per heavy atom. The van der Waals surface area contributed by atoms with Crippen LogP contribution in [0.2, 0.25) is 0 Å². The van der Waals surface area contributed by atoms with Crippen molar-refractivity contribution < 1.29 is 4.74 Å². The van der Waals surface area contributed by atoms with Crippen LogP contribution in [-0.2, 0) is 6.54 Å². The van der Waals surface area contributed by atoms with E-state index in [1.807, 2.05) is 26.1 Å². The van der Waals surface area contributed by atoms with Gasteiger partial charge in [0, 0.05) is 6.54 Å². The normalized spacial score (nSPS) is 10.8. The number of fused-ring (bicyclic) bond motifs is 1. The molecule has 0 aliphatic rings. The van der Waals surface area contributed by atoms with Gasteiger partial charge in [0.15, 0.2) is 0 Å². The van der Waals surface area contributed by atoms with Gasteiger partial charge in [0.25, 0.3) is 0 Å². The maximum Gasteiger partial charge on any atom is 0.120 e. The second-order valence-corrected chi connectivity index (χ2v) is 4.32. The molecule has 2 rings (SSSR count). The Morgan fingerprint density at radius 3 is 3.07 bits per heavy atom. The molecule has 0 unspecified atom stereocenters. The van der Waals surface area contributed by atoms with Gasteiger partial charge in [-0.15, -0.1) is 11.3 Å². The average molecular weight is 222 g/mol. The Bertz CT molecular complexity index is 449. The molecule has 0 saturated carbocycles. The van der Waals surface area contributed by atoms with E-state index in [0.717, 1.165) is 22.8 Å². The van der Waals surface area contributed by atoms with E-state index in [1.165, 1.54) is 4.70 Å². The molecule has 0 aliphatic carbocycles. The predicted octanol–water partition coefficient (Wildman–Crippen LogP) is 2.41. The van der Waals surface area contributed by atoms with Gasteiger partial charge in [0.1, 0.15) is 10.8 Å². The first-order valence-corrected chi connectivity index (χ1v) is 5.82. The summed E-state index contributed by atoms with van der Waals surface area (Å²) in [6.45, 7) is 3.51. The van der Waals surface area contributed by atoms with Crippen molar-refractivity contribution >= 4 is 21.6 Å². The molecule has 0 bridgehead atoms. The summed E-state index contributed by atoms with van der Waals surface area (Å²) < 4.78 is 6.63. The highest BCUT2D eigenvalue weighted by Crippen LogP contribution is 2.26. The summed E-state index contributed by atoms with van der Waals surface area (Å²) in [7, 11) is 1.93. The molecule has 0 saturated heterocycles. The van der Waals surface area contributed by atoms with Crippen LogP contribution in [0.5, 0.6) is 5.75 Å². The highest BCUT2D eigenvalue weighted by atomic mass is 32.1. The van der Waals surface area contributed by atoms with E-state index < -0.39 is 0 Å². The number of nitrogens with zero attached hydrogens (tertiary/aromatic N) is 1. The van der Waals surface area contributed by atoms with E-state index in [-0.39, 0.29) is 0 Å². The SMILES string of the molecule is CCOc1ccc2nc(CNC)sc2c1. The van der Waals surface area contributed by atoms with Gasteiger partial charge in [-0.05, 0) is 32.2 Å². The molecule has 15 heavy (non-hydrogen) atoms. The minimum absolute atomic E-state index is 0.702. The van der Waals surface area contributed by atoms with Gasteiger partial charge in [-0.3, -0.25) is 0 Å². The van der Waals surface area contributed by atoms with Gasteiger partial charge in [-0.2, -0.15) is 0 Å². The van der Waals surface area contributed by atoms with Crippen molar-refractivity contribution in [1.82, 2.24) is 10.3 Å². The number of thiazole rings is 1. The molecule has 0 radical (unpaired) electrons. The fourth-order valence-corrected chi connectivity index (χ4v) is 2.44. The van der Waals surface area contributed by atoms with E-state index in [2.05, 4.69) is 16.4 Å². The first kappa shape index (κ1) is 10.4. The van der Waals surface area contributed by atoms with Gasteiger partial charge in [-0.25, -0.2) is 4.98 Å². The van der Waals surface area contributed by atoms with Gasteiger partial charge >= 0.3 is 0 Å². The molecule has 1 N–H and O–H groups in total. The smallest absolute Gasteiger partial charge is 0.120 e. The van der Waals surface area contributed by atoms with E-state index >= 15 is 0 Å². The maximum atomic E-state index is 5.45. The summed E-state index contributed by atoms with van der Waals surface area (Å²) in [6.07, 6.45) is 0. The molecule has 80 valence electrons. The van der Waals surface area contributed by atoms with Crippen molar-refractivity contribution in [3.05, 3.63) is 23.2 Å². The van der Waals surface area contributed by atoms with Crippen molar-refractivity contribution in [3.63, 3.8) is 0 Å².